The van der Waals surface area contributed by atoms with Crippen molar-refractivity contribution in [2.24, 2.45) is 0 Å². The van der Waals surface area contributed by atoms with E-state index in [9.17, 15) is 4.79 Å². The summed E-state index contributed by atoms with van der Waals surface area (Å²) in [4.78, 5) is 11.9. The number of furan rings is 1. The van der Waals surface area contributed by atoms with Crippen molar-refractivity contribution in [1.82, 2.24) is 5.32 Å². The van der Waals surface area contributed by atoms with Gasteiger partial charge in [-0.2, -0.15) is 0 Å². The van der Waals surface area contributed by atoms with Gasteiger partial charge in [-0.15, -0.1) is 0 Å². The summed E-state index contributed by atoms with van der Waals surface area (Å²) in [5, 5.41) is 4.03. The summed E-state index contributed by atoms with van der Waals surface area (Å²) < 4.78 is 5.22. The van der Waals surface area contributed by atoms with Crippen molar-refractivity contribution in [3.8, 4) is 0 Å². The van der Waals surface area contributed by atoms with Gasteiger partial charge in [-0.05, 0) is 25.0 Å². The van der Waals surface area contributed by atoms with Crippen LogP contribution in [-0.2, 0) is 11.2 Å². The Labute approximate surface area is 110 Å². The number of hydrogen-bond donors (Lipinski definition) is 1. The highest BCUT2D eigenvalue weighted by molar-refractivity contribution is 9.09. The largest absolute Gasteiger partial charge is 0.469 e. The van der Waals surface area contributed by atoms with Gasteiger partial charge in [0.25, 0.3) is 0 Å². The predicted molar refractivity (Wildman–Crippen MR) is 70.2 cm³/mol. The zero-order valence-electron chi connectivity index (χ0n) is 9.88. The van der Waals surface area contributed by atoms with Gasteiger partial charge in [0, 0.05) is 23.7 Å². The van der Waals surface area contributed by atoms with Gasteiger partial charge in [0.1, 0.15) is 5.76 Å². The zero-order chi connectivity index (χ0) is 12.1. The first-order chi connectivity index (χ1) is 8.24. The third kappa shape index (κ3) is 3.35. The summed E-state index contributed by atoms with van der Waals surface area (Å²) in [6.07, 6.45) is 7.42. The highest BCUT2D eigenvalue weighted by Crippen LogP contribution is 2.31. The lowest BCUT2D eigenvalue weighted by Crippen LogP contribution is -2.47. The second-order valence-electron chi connectivity index (χ2n) is 4.75. The van der Waals surface area contributed by atoms with Crippen molar-refractivity contribution in [3.05, 3.63) is 24.2 Å². The molecule has 1 saturated carbocycles. The molecule has 4 heteroatoms. The predicted octanol–water partition coefficient (Wildman–Crippen LogP) is 3.04. The summed E-state index contributed by atoms with van der Waals surface area (Å²) in [6, 6.07) is 3.76. The van der Waals surface area contributed by atoms with E-state index in [0.717, 1.165) is 23.9 Å². The van der Waals surface area contributed by atoms with Gasteiger partial charge >= 0.3 is 0 Å². The van der Waals surface area contributed by atoms with Gasteiger partial charge in [0.2, 0.25) is 5.91 Å². The second kappa shape index (κ2) is 5.71. The van der Waals surface area contributed by atoms with Crippen LogP contribution in [0.25, 0.3) is 0 Å². The maximum Gasteiger partial charge on any atom is 0.220 e. The molecule has 0 bridgehead atoms. The minimum Gasteiger partial charge on any atom is -0.469 e. The number of carbonyl (C=O) groups excluding carboxylic acids is 1. The Morgan fingerprint density at radius 2 is 2.24 bits per heavy atom. The fourth-order valence-electron chi connectivity index (χ4n) is 2.39. The molecule has 2 rings (SSSR count). The lowest BCUT2D eigenvalue weighted by atomic mass is 10.0. The van der Waals surface area contributed by atoms with Crippen LogP contribution in [-0.4, -0.2) is 16.8 Å². The molecule has 1 heterocycles. The molecule has 1 aromatic heterocycles. The molecule has 1 amide bonds. The average Bonchev–Trinajstić information content (AvgIpc) is 2.98. The molecule has 3 nitrogen and oxygen atoms in total. The fraction of sp³-hybridized carbons (Fsp3) is 0.615. The van der Waals surface area contributed by atoms with E-state index in [2.05, 4.69) is 21.2 Å². The Bertz CT molecular complexity index is 356. The number of halogens is 1. The minimum atomic E-state index is 0.000245. The third-order valence-corrected chi connectivity index (χ3v) is 4.47. The monoisotopic (exact) mass is 299 g/mol. The van der Waals surface area contributed by atoms with E-state index in [1.807, 2.05) is 12.1 Å². The van der Waals surface area contributed by atoms with Crippen LogP contribution in [0.1, 0.15) is 37.9 Å². The van der Waals surface area contributed by atoms with Crippen molar-refractivity contribution in [3.63, 3.8) is 0 Å². The number of carbonyl (C=O) groups is 1. The van der Waals surface area contributed by atoms with Crippen LogP contribution >= 0.6 is 15.9 Å². The molecular formula is C13H18BrNO2. The van der Waals surface area contributed by atoms with Crippen molar-refractivity contribution in [2.75, 3.05) is 5.33 Å². The molecule has 17 heavy (non-hydrogen) atoms. The average molecular weight is 300 g/mol. The van der Waals surface area contributed by atoms with E-state index in [0.29, 0.717) is 12.8 Å². The van der Waals surface area contributed by atoms with Gasteiger partial charge in [-0.25, -0.2) is 0 Å². The number of hydrogen-bond acceptors (Lipinski definition) is 2. The quantitative estimate of drug-likeness (QED) is 0.849. The summed E-state index contributed by atoms with van der Waals surface area (Å²) in [5.41, 5.74) is 0.000245. The van der Waals surface area contributed by atoms with Crippen LogP contribution in [0.5, 0.6) is 0 Å². The first-order valence-corrected chi connectivity index (χ1v) is 7.26. The molecule has 0 radical (unpaired) electrons. The van der Waals surface area contributed by atoms with Crippen LogP contribution in [0.15, 0.2) is 22.8 Å². The van der Waals surface area contributed by atoms with Gasteiger partial charge < -0.3 is 9.73 Å². The fourth-order valence-corrected chi connectivity index (χ4v) is 3.09. The van der Waals surface area contributed by atoms with E-state index in [-0.39, 0.29) is 11.4 Å². The standard InChI is InChI=1S/C13H18BrNO2/c14-10-13(7-1-2-8-13)15-12(16)6-5-11-4-3-9-17-11/h3-4,9H,1-2,5-8,10H2,(H,15,16). The van der Waals surface area contributed by atoms with Gasteiger partial charge in [0.05, 0.1) is 6.26 Å². The normalized spacial score (nSPS) is 18.2. The van der Waals surface area contributed by atoms with E-state index in [1.165, 1.54) is 12.8 Å². The minimum absolute atomic E-state index is 0.000245. The molecular weight excluding hydrogens is 282 g/mol. The number of rotatable bonds is 5. The molecule has 1 aliphatic rings. The maximum atomic E-state index is 11.9. The molecule has 1 aliphatic carbocycles. The van der Waals surface area contributed by atoms with E-state index in [4.69, 9.17) is 4.42 Å². The summed E-state index contributed by atoms with van der Waals surface area (Å²) in [5.74, 6) is 1.00. The Morgan fingerprint density at radius 3 is 2.82 bits per heavy atom. The Morgan fingerprint density at radius 1 is 1.47 bits per heavy atom. The molecule has 0 atom stereocenters. The molecule has 0 aliphatic heterocycles. The van der Waals surface area contributed by atoms with Gasteiger partial charge in [-0.1, -0.05) is 28.8 Å². The molecule has 1 fully saturated rings. The van der Waals surface area contributed by atoms with Crippen molar-refractivity contribution < 1.29 is 9.21 Å². The number of nitrogens with one attached hydrogen (secondary N) is 1. The van der Waals surface area contributed by atoms with Crippen LogP contribution in [0, 0.1) is 0 Å². The van der Waals surface area contributed by atoms with Gasteiger partial charge in [0.15, 0.2) is 0 Å². The van der Waals surface area contributed by atoms with E-state index < -0.39 is 0 Å². The first kappa shape index (κ1) is 12.7. The van der Waals surface area contributed by atoms with E-state index in [1.54, 1.807) is 6.26 Å². The third-order valence-electron chi connectivity index (χ3n) is 3.40. The lowest BCUT2D eigenvalue weighted by molar-refractivity contribution is -0.122. The summed E-state index contributed by atoms with van der Waals surface area (Å²) in [6.45, 7) is 0. The number of alkyl halides is 1. The highest BCUT2D eigenvalue weighted by Gasteiger charge is 2.33. The molecule has 0 spiro atoms. The smallest absolute Gasteiger partial charge is 0.220 e. The molecule has 0 aromatic carbocycles. The number of aryl methyl sites for hydroxylation is 1. The van der Waals surface area contributed by atoms with Crippen LogP contribution in [0.3, 0.4) is 0 Å². The summed E-state index contributed by atoms with van der Waals surface area (Å²) in [7, 11) is 0. The van der Waals surface area contributed by atoms with Crippen LogP contribution in [0.2, 0.25) is 0 Å². The molecule has 0 unspecified atom stereocenters. The molecule has 94 valence electrons. The Balaban J connectivity index is 1.80. The van der Waals surface area contributed by atoms with Crippen molar-refractivity contribution in [2.45, 2.75) is 44.1 Å². The SMILES string of the molecule is O=C(CCc1ccco1)NC1(CBr)CCCC1. The Kier molecular flexibility index (Phi) is 4.26. The van der Waals surface area contributed by atoms with Crippen molar-refractivity contribution >= 4 is 21.8 Å². The van der Waals surface area contributed by atoms with Gasteiger partial charge in [-0.3, -0.25) is 4.79 Å². The number of amides is 1. The lowest BCUT2D eigenvalue weighted by Gasteiger charge is -2.28. The maximum absolute atomic E-state index is 11.9. The molecule has 0 saturated heterocycles. The van der Waals surface area contributed by atoms with Crippen LogP contribution in [0.4, 0.5) is 0 Å². The zero-order valence-corrected chi connectivity index (χ0v) is 11.5. The topological polar surface area (TPSA) is 42.2 Å². The van der Waals surface area contributed by atoms with E-state index >= 15 is 0 Å². The van der Waals surface area contributed by atoms with Crippen molar-refractivity contribution in [1.29, 1.82) is 0 Å². The highest BCUT2D eigenvalue weighted by atomic mass is 79.9. The Hall–Kier alpha value is -0.770. The first-order valence-electron chi connectivity index (χ1n) is 6.13. The van der Waals surface area contributed by atoms with Crippen LogP contribution < -0.4 is 5.32 Å². The second-order valence-corrected chi connectivity index (χ2v) is 5.31. The molecule has 1 aromatic rings. The summed E-state index contributed by atoms with van der Waals surface area (Å²) >= 11 is 3.52. The molecule has 1 N–H and O–H groups in total.